The Morgan fingerprint density at radius 3 is 2.55 bits per heavy atom. The molecule has 2 heterocycles. The predicted octanol–water partition coefficient (Wildman–Crippen LogP) is 1.45. The van der Waals surface area contributed by atoms with Gasteiger partial charge in [-0.2, -0.15) is 0 Å². The van der Waals surface area contributed by atoms with Crippen LogP contribution in [0.25, 0.3) is 0 Å². The number of benzene rings is 1. The summed E-state index contributed by atoms with van der Waals surface area (Å²) in [6, 6.07) is 8.48. The van der Waals surface area contributed by atoms with Crippen molar-refractivity contribution in [1.82, 2.24) is 0 Å². The molecule has 2 aliphatic heterocycles. The monoisotopic (exact) mass is 276 g/mol. The van der Waals surface area contributed by atoms with Gasteiger partial charge in [-0.15, -0.1) is 0 Å². The summed E-state index contributed by atoms with van der Waals surface area (Å²) in [6.45, 7) is 4.44. The summed E-state index contributed by atoms with van der Waals surface area (Å²) >= 11 is 0. The molecule has 2 atom stereocenters. The first kappa shape index (κ1) is 13.7. The number of nitrogens with two attached hydrogens (primary N) is 1. The highest BCUT2D eigenvalue weighted by molar-refractivity contribution is 5.54. The van der Waals surface area contributed by atoms with Crippen LogP contribution >= 0.6 is 0 Å². The normalized spacial score (nSPS) is 29.0. The highest BCUT2D eigenvalue weighted by Crippen LogP contribution is 2.29. The SMILES string of the molecule is C[N+]1(CC2CC(O)CN2c2ccc(N)cc2)CCCC1. The summed E-state index contributed by atoms with van der Waals surface area (Å²) < 4.78 is 1.16. The fourth-order valence-corrected chi connectivity index (χ4v) is 3.84. The fourth-order valence-electron chi connectivity index (χ4n) is 3.84. The zero-order valence-corrected chi connectivity index (χ0v) is 12.3. The van der Waals surface area contributed by atoms with Crippen LogP contribution in [0.2, 0.25) is 0 Å². The Labute approximate surface area is 121 Å². The summed E-state index contributed by atoms with van der Waals surface area (Å²) in [5.74, 6) is 0. The number of hydrogen-bond donors (Lipinski definition) is 2. The molecule has 2 unspecified atom stereocenters. The first-order valence-electron chi connectivity index (χ1n) is 7.70. The van der Waals surface area contributed by atoms with E-state index in [-0.39, 0.29) is 6.10 Å². The first-order chi connectivity index (χ1) is 9.56. The molecular formula is C16H26N3O+. The van der Waals surface area contributed by atoms with E-state index >= 15 is 0 Å². The van der Waals surface area contributed by atoms with Crippen molar-refractivity contribution in [2.45, 2.75) is 31.4 Å². The molecule has 20 heavy (non-hydrogen) atoms. The van der Waals surface area contributed by atoms with E-state index in [1.165, 1.54) is 31.6 Å². The van der Waals surface area contributed by atoms with Crippen molar-refractivity contribution in [2.75, 3.05) is 43.9 Å². The molecule has 0 aromatic heterocycles. The van der Waals surface area contributed by atoms with E-state index in [2.05, 4.69) is 24.1 Å². The molecule has 0 radical (unpaired) electrons. The minimum atomic E-state index is -0.202. The summed E-state index contributed by atoms with van der Waals surface area (Å²) in [5.41, 5.74) is 7.75. The molecule has 3 rings (SSSR count). The van der Waals surface area contributed by atoms with Gasteiger partial charge in [-0.1, -0.05) is 0 Å². The molecule has 4 heteroatoms. The zero-order chi connectivity index (χ0) is 14.2. The van der Waals surface area contributed by atoms with Gasteiger partial charge in [0.15, 0.2) is 0 Å². The number of nitrogens with zero attached hydrogens (tertiary/aromatic N) is 2. The molecule has 0 saturated carbocycles. The van der Waals surface area contributed by atoms with Gasteiger partial charge in [0.25, 0.3) is 0 Å². The van der Waals surface area contributed by atoms with Crippen molar-refractivity contribution in [1.29, 1.82) is 0 Å². The number of hydrogen-bond acceptors (Lipinski definition) is 3. The van der Waals surface area contributed by atoms with Gasteiger partial charge in [0.2, 0.25) is 0 Å². The van der Waals surface area contributed by atoms with Crippen molar-refractivity contribution in [3.8, 4) is 0 Å². The summed E-state index contributed by atoms with van der Waals surface area (Å²) in [5, 5.41) is 10.1. The molecule has 0 aliphatic carbocycles. The molecule has 1 aromatic rings. The number of likely N-dealkylation sites (N-methyl/N-ethyl adjacent to an activating group) is 1. The Morgan fingerprint density at radius 2 is 1.90 bits per heavy atom. The number of likely N-dealkylation sites (tertiary alicyclic amines) is 1. The van der Waals surface area contributed by atoms with E-state index in [1.807, 2.05) is 12.1 Å². The van der Waals surface area contributed by atoms with Gasteiger partial charge in [-0.3, -0.25) is 0 Å². The third-order valence-electron chi connectivity index (χ3n) is 4.91. The average molecular weight is 276 g/mol. The van der Waals surface area contributed by atoms with Gasteiger partial charge in [-0.25, -0.2) is 0 Å². The van der Waals surface area contributed by atoms with E-state index in [4.69, 9.17) is 5.73 Å². The second kappa shape index (κ2) is 5.26. The van der Waals surface area contributed by atoms with Gasteiger partial charge in [-0.05, 0) is 24.3 Å². The molecule has 0 amide bonds. The van der Waals surface area contributed by atoms with Crippen molar-refractivity contribution in [2.24, 2.45) is 0 Å². The lowest BCUT2D eigenvalue weighted by molar-refractivity contribution is -0.898. The minimum absolute atomic E-state index is 0.202. The first-order valence-corrected chi connectivity index (χ1v) is 7.70. The highest BCUT2D eigenvalue weighted by atomic mass is 16.3. The van der Waals surface area contributed by atoms with Crippen LogP contribution in [-0.2, 0) is 0 Å². The molecule has 4 nitrogen and oxygen atoms in total. The lowest BCUT2D eigenvalue weighted by Gasteiger charge is -2.36. The zero-order valence-electron chi connectivity index (χ0n) is 12.3. The molecule has 1 aromatic carbocycles. The molecular weight excluding hydrogens is 250 g/mol. The Balaban J connectivity index is 1.76. The van der Waals surface area contributed by atoms with Crippen LogP contribution < -0.4 is 10.6 Å². The maximum absolute atomic E-state index is 10.1. The molecule has 110 valence electrons. The van der Waals surface area contributed by atoms with Crippen molar-refractivity contribution in [3.63, 3.8) is 0 Å². The van der Waals surface area contributed by atoms with Crippen LogP contribution in [0.4, 0.5) is 11.4 Å². The van der Waals surface area contributed by atoms with Gasteiger partial charge in [0.1, 0.15) is 0 Å². The number of quaternary nitrogens is 1. The Morgan fingerprint density at radius 1 is 1.25 bits per heavy atom. The Hall–Kier alpha value is -1.26. The molecule has 3 N–H and O–H groups in total. The third kappa shape index (κ3) is 2.76. The number of aliphatic hydroxyl groups excluding tert-OH is 1. The van der Waals surface area contributed by atoms with E-state index in [9.17, 15) is 5.11 Å². The van der Waals surface area contributed by atoms with Gasteiger partial charge >= 0.3 is 0 Å². The topological polar surface area (TPSA) is 49.5 Å². The van der Waals surface area contributed by atoms with Crippen LogP contribution in [0, 0.1) is 0 Å². The van der Waals surface area contributed by atoms with E-state index in [0.29, 0.717) is 6.04 Å². The third-order valence-corrected chi connectivity index (χ3v) is 4.91. The van der Waals surface area contributed by atoms with E-state index < -0.39 is 0 Å². The minimum Gasteiger partial charge on any atom is -0.399 e. The van der Waals surface area contributed by atoms with Crippen LogP contribution in [0.3, 0.4) is 0 Å². The molecule has 2 fully saturated rings. The van der Waals surface area contributed by atoms with Gasteiger partial charge in [0.05, 0.1) is 38.8 Å². The maximum atomic E-state index is 10.1. The second-order valence-electron chi connectivity index (χ2n) is 6.74. The number of anilines is 2. The molecule has 2 saturated heterocycles. The Bertz CT molecular complexity index is 453. The maximum Gasteiger partial charge on any atom is 0.0992 e. The van der Waals surface area contributed by atoms with Crippen LogP contribution in [0.15, 0.2) is 24.3 Å². The fraction of sp³-hybridized carbons (Fsp3) is 0.625. The number of nitrogen functional groups attached to an aromatic ring is 1. The van der Waals surface area contributed by atoms with Crippen LogP contribution in [0.5, 0.6) is 0 Å². The lowest BCUT2D eigenvalue weighted by atomic mass is 10.1. The van der Waals surface area contributed by atoms with Crippen molar-refractivity contribution in [3.05, 3.63) is 24.3 Å². The summed E-state index contributed by atoms with van der Waals surface area (Å²) in [6.07, 6.45) is 3.37. The lowest BCUT2D eigenvalue weighted by Crippen LogP contribution is -2.50. The molecule has 0 bridgehead atoms. The van der Waals surface area contributed by atoms with E-state index in [0.717, 1.165) is 29.7 Å². The van der Waals surface area contributed by atoms with Gasteiger partial charge in [0, 0.05) is 37.2 Å². The smallest absolute Gasteiger partial charge is 0.0992 e. The molecule has 2 aliphatic rings. The van der Waals surface area contributed by atoms with Crippen LogP contribution in [0.1, 0.15) is 19.3 Å². The quantitative estimate of drug-likeness (QED) is 0.649. The van der Waals surface area contributed by atoms with Gasteiger partial charge < -0.3 is 20.2 Å². The number of β-amino-alcohol motifs (C(OH)–C–C–N with tert-alkyl or cyclic N) is 1. The predicted molar refractivity (Wildman–Crippen MR) is 82.6 cm³/mol. The number of aliphatic hydroxyl groups is 1. The summed E-state index contributed by atoms with van der Waals surface area (Å²) in [4.78, 5) is 2.37. The number of rotatable bonds is 3. The standard InChI is InChI=1S/C16H26N3O/c1-19(8-2-3-9-19)12-15-10-16(20)11-18(15)14-6-4-13(17)5-7-14/h4-7,15-16,20H,2-3,8-12,17H2,1H3/q+1. The average Bonchev–Trinajstić information content (AvgIpc) is 2.97. The van der Waals surface area contributed by atoms with Crippen molar-refractivity contribution < 1.29 is 9.59 Å². The summed E-state index contributed by atoms with van der Waals surface area (Å²) in [7, 11) is 2.36. The van der Waals surface area contributed by atoms with E-state index in [1.54, 1.807) is 0 Å². The molecule has 0 spiro atoms. The largest absolute Gasteiger partial charge is 0.399 e. The highest BCUT2D eigenvalue weighted by Gasteiger charge is 2.38. The van der Waals surface area contributed by atoms with Crippen molar-refractivity contribution >= 4 is 11.4 Å². The Kier molecular flexibility index (Phi) is 3.61. The second-order valence-corrected chi connectivity index (χ2v) is 6.74. The van der Waals surface area contributed by atoms with Crippen LogP contribution in [-0.4, -0.2) is 55.0 Å².